The van der Waals surface area contributed by atoms with Crippen molar-refractivity contribution in [2.24, 2.45) is 5.92 Å². The second-order valence-corrected chi connectivity index (χ2v) is 7.29. The molecule has 1 atom stereocenters. The van der Waals surface area contributed by atoms with Crippen molar-refractivity contribution in [3.63, 3.8) is 0 Å². The average Bonchev–Trinajstić information content (AvgIpc) is 2.66. The molecule has 2 heterocycles. The Hall–Kier alpha value is -2.62. The summed E-state index contributed by atoms with van der Waals surface area (Å²) in [5.74, 6) is 0.562. The summed E-state index contributed by atoms with van der Waals surface area (Å²) in [7, 11) is 0. The highest BCUT2D eigenvalue weighted by atomic mass is 35.5. The Morgan fingerprint density at radius 2 is 1.97 bits per heavy atom. The molecule has 1 unspecified atom stereocenters. The number of nitrogens with zero attached hydrogens (tertiary/aromatic N) is 3. The predicted molar refractivity (Wildman–Crippen MR) is 106 cm³/mol. The minimum Gasteiger partial charge on any atom is -0.453 e. The summed E-state index contributed by atoms with van der Waals surface area (Å²) in [6.07, 6.45) is 3.14. The summed E-state index contributed by atoms with van der Waals surface area (Å²) < 4.78 is 19.9. The van der Waals surface area contributed by atoms with E-state index in [2.05, 4.69) is 10.4 Å². The number of nitrogens with one attached hydrogen (secondary N) is 1. The van der Waals surface area contributed by atoms with E-state index in [1.807, 2.05) is 13.8 Å². The van der Waals surface area contributed by atoms with Crippen LogP contribution in [0, 0.1) is 5.92 Å². The number of allylic oxidation sites excluding steroid dienone is 1. The molecule has 2 N–H and O–H groups in total. The SMILES string of the molecule is CC(C)C1=CC(Oc2c(Cl)cc(-n3ncc(=O)n(CF)c3=O)cc2Cl)=CNC1O. The number of halogens is 3. The van der Waals surface area contributed by atoms with Crippen molar-refractivity contribution in [2.45, 2.75) is 26.9 Å². The number of aromatic nitrogens is 3. The molecule has 0 amide bonds. The Morgan fingerprint density at radius 1 is 1.31 bits per heavy atom. The third-order valence-electron chi connectivity index (χ3n) is 4.20. The Kier molecular flexibility index (Phi) is 6.11. The highest BCUT2D eigenvalue weighted by Crippen LogP contribution is 2.37. The maximum atomic E-state index is 13.0. The van der Waals surface area contributed by atoms with Crippen LogP contribution in [0.2, 0.25) is 10.0 Å². The van der Waals surface area contributed by atoms with Crippen LogP contribution in [-0.4, -0.2) is 25.7 Å². The van der Waals surface area contributed by atoms with Gasteiger partial charge in [-0.05, 0) is 29.7 Å². The summed E-state index contributed by atoms with van der Waals surface area (Å²) in [5.41, 5.74) is -0.990. The third kappa shape index (κ3) is 4.21. The van der Waals surface area contributed by atoms with Crippen molar-refractivity contribution in [2.75, 3.05) is 0 Å². The molecule has 2 aromatic rings. The van der Waals surface area contributed by atoms with Crippen LogP contribution in [0.25, 0.3) is 5.69 Å². The van der Waals surface area contributed by atoms with Gasteiger partial charge in [-0.25, -0.2) is 13.8 Å². The lowest BCUT2D eigenvalue weighted by Gasteiger charge is -2.24. The van der Waals surface area contributed by atoms with Crippen molar-refractivity contribution in [3.05, 3.63) is 72.8 Å². The van der Waals surface area contributed by atoms with E-state index in [9.17, 15) is 19.1 Å². The molecule has 1 aromatic heterocycles. The molecule has 0 aliphatic carbocycles. The maximum Gasteiger partial charge on any atom is 0.354 e. The molecule has 0 bridgehead atoms. The fraction of sp³-hybridized carbons (Fsp3) is 0.278. The van der Waals surface area contributed by atoms with Crippen molar-refractivity contribution in [1.29, 1.82) is 0 Å². The highest BCUT2D eigenvalue weighted by molar-refractivity contribution is 6.37. The minimum absolute atomic E-state index is 0.0608. The average molecular weight is 443 g/mol. The zero-order chi connectivity index (χ0) is 21.3. The van der Waals surface area contributed by atoms with Crippen LogP contribution in [0.15, 0.2) is 51.5 Å². The molecule has 1 aromatic carbocycles. The monoisotopic (exact) mass is 442 g/mol. The standard InChI is InChI=1S/C18H17Cl2FN4O4/c1-9(2)12-5-11(6-22-17(12)27)29-16-13(19)3-10(4-14(16)20)25-18(28)24(8-21)15(26)7-23-25/h3-7,9,17,22,27H,8H2,1-2H3. The van der Waals surface area contributed by atoms with Gasteiger partial charge < -0.3 is 15.2 Å². The molecule has 11 heteroatoms. The van der Waals surface area contributed by atoms with Gasteiger partial charge in [0.05, 0.1) is 15.7 Å². The van der Waals surface area contributed by atoms with Gasteiger partial charge in [0.1, 0.15) is 18.2 Å². The number of hydrogen-bond donors (Lipinski definition) is 2. The molecule has 0 spiro atoms. The number of alkyl halides is 1. The van der Waals surface area contributed by atoms with E-state index >= 15 is 0 Å². The predicted octanol–water partition coefficient (Wildman–Crippen LogP) is 2.35. The fourth-order valence-corrected chi connectivity index (χ4v) is 3.24. The number of aliphatic hydroxyl groups is 1. The Bertz CT molecular complexity index is 1100. The number of hydrogen-bond acceptors (Lipinski definition) is 6. The van der Waals surface area contributed by atoms with Crippen molar-refractivity contribution < 1.29 is 14.2 Å². The summed E-state index contributed by atoms with van der Waals surface area (Å²) in [4.78, 5) is 23.7. The van der Waals surface area contributed by atoms with E-state index in [1.54, 1.807) is 6.08 Å². The zero-order valence-electron chi connectivity index (χ0n) is 15.4. The van der Waals surface area contributed by atoms with E-state index in [0.717, 1.165) is 16.5 Å². The Balaban J connectivity index is 1.98. The quantitative estimate of drug-likeness (QED) is 0.737. The van der Waals surface area contributed by atoms with Gasteiger partial charge in [-0.1, -0.05) is 37.0 Å². The number of aliphatic hydroxyl groups excluding tert-OH is 1. The van der Waals surface area contributed by atoms with E-state index in [1.165, 1.54) is 18.3 Å². The first-order chi connectivity index (χ1) is 13.7. The Morgan fingerprint density at radius 3 is 2.55 bits per heavy atom. The largest absolute Gasteiger partial charge is 0.453 e. The molecular weight excluding hydrogens is 426 g/mol. The molecule has 0 radical (unpaired) electrons. The van der Waals surface area contributed by atoms with Crippen LogP contribution in [0.1, 0.15) is 13.8 Å². The van der Waals surface area contributed by atoms with Crippen LogP contribution >= 0.6 is 23.2 Å². The van der Waals surface area contributed by atoms with Crippen molar-refractivity contribution >= 4 is 23.2 Å². The lowest BCUT2D eigenvalue weighted by atomic mass is 9.99. The van der Waals surface area contributed by atoms with E-state index in [0.29, 0.717) is 10.3 Å². The first kappa shape index (κ1) is 21.1. The smallest absolute Gasteiger partial charge is 0.354 e. The number of benzene rings is 1. The first-order valence-corrected chi connectivity index (χ1v) is 9.26. The van der Waals surface area contributed by atoms with Gasteiger partial charge >= 0.3 is 5.69 Å². The summed E-state index contributed by atoms with van der Waals surface area (Å²) in [6, 6.07) is 2.70. The van der Waals surface area contributed by atoms with Gasteiger partial charge in [-0.3, -0.25) is 4.79 Å². The van der Waals surface area contributed by atoms with Gasteiger partial charge in [-0.2, -0.15) is 9.78 Å². The molecule has 1 aliphatic rings. The second kappa shape index (κ2) is 8.40. The van der Waals surface area contributed by atoms with Gasteiger partial charge in [-0.15, -0.1) is 0 Å². The van der Waals surface area contributed by atoms with Gasteiger partial charge in [0, 0.05) is 6.20 Å². The molecule has 0 saturated heterocycles. The van der Waals surface area contributed by atoms with E-state index in [-0.39, 0.29) is 27.4 Å². The van der Waals surface area contributed by atoms with Crippen LogP contribution < -0.4 is 21.3 Å². The van der Waals surface area contributed by atoms with Crippen molar-refractivity contribution in [3.8, 4) is 11.4 Å². The lowest BCUT2D eigenvalue weighted by molar-refractivity contribution is 0.173. The third-order valence-corrected chi connectivity index (χ3v) is 4.77. The molecular formula is C18H17Cl2FN4O4. The molecule has 3 rings (SSSR count). The summed E-state index contributed by atoms with van der Waals surface area (Å²) in [6.45, 7) is 2.56. The number of rotatable bonds is 5. The zero-order valence-corrected chi connectivity index (χ0v) is 16.9. The van der Waals surface area contributed by atoms with Gasteiger partial charge in [0.25, 0.3) is 5.56 Å². The van der Waals surface area contributed by atoms with Gasteiger partial charge in [0.2, 0.25) is 0 Å². The molecule has 0 fully saturated rings. The highest BCUT2D eigenvalue weighted by Gasteiger charge is 2.20. The number of dihydropyridines is 1. The topological polar surface area (TPSA) is 98.4 Å². The maximum absolute atomic E-state index is 13.0. The molecule has 0 saturated carbocycles. The molecule has 154 valence electrons. The lowest BCUT2D eigenvalue weighted by Crippen LogP contribution is -2.39. The normalized spacial score (nSPS) is 16.3. The molecule has 8 nitrogen and oxygen atoms in total. The van der Waals surface area contributed by atoms with Crippen molar-refractivity contribution in [1.82, 2.24) is 19.7 Å². The van der Waals surface area contributed by atoms with E-state index < -0.39 is 24.3 Å². The Labute approximate surface area is 174 Å². The number of ether oxygens (including phenoxy) is 1. The first-order valence-electron chi connectivity index (χ1n) is 8.51. The van der Waals surface area contributed by atoms with Gasteiger partial charge in [0.15, 0.2) is 12.5 Å². The van der Waals surface area contributed by atoms with Crippen LogP contribution in [0.4, 0.5) is 4.39 Å². The van der Waals surface area contributed by atoms with Crippen LogP contribution in [-0.2, 0) is 6.80 Å². The molecule has 29 heavy (non-hydrogen) atoms. The van der Waals surface area contributed by atoms with Crippen LogP contribution in [0.3, 0.4) is 0 Å². The summed E-state index contributed by atoms with van der Waals surface area (Å²) in [5, 5.41) is 16.6. The molecule has 1 aliphatic heterocycles. The van der Waals surface area contributed by atoms with Crippen LogP contribution in [0.5, 0.6) is 5.75 Å². The second-order valence-electron chi connectivity index (χ2n) is 6.48. The fourth-order valence-electron chi connectivity index (χ4n) is 2.69. The van der Waals surface area contributed by atoms with E-state index in [4.69, 9.17) is 27.9 Å². The summed E-state index contributed by atoms with van der Waals surface area (Å²) >= 11 is 12.6. The minimum atomic E-state index is -1.29.